The maximum absolute atomic E-state index is 12.4. The van der Waals surface area contributed by atoms with Crippen LogP contribution < -0.4 is 4.74 Å². The molecule has 0 radical (unpaired) electrons. The van der Waals surface area contributed by atoms with Gasteiger partial charge in [0.05, 0.1) is 12.5 Å². The van der Waals surface area contributed by atoms with Gasteiger partial charge < -0.3 is 4.74 Å². The summed E-state index contributed by atoms with van der Waals surface area (Å²) in [7, 11) is 0. The molecule has 76 valence electrons. The van der Waals surface area contributed by atoms with Crippen LogP contribution in [0.1, 0.15) is 20.3 Å². The molecule has 0 aliphatic rings. The Balaban J connectivity index is 0.000000791. The van der Waals surface area contributed by atoms with E-state index in [1.807, 2.05) is 19.9 Å². The van der Waals surface area contributed by atoms with Crippen molar-refractivity contribution < 1.29 is 9.13 Å². The molecular formula is C11H14FNO. The summed E-state index contributed by atoms with van der Waals surface area (Å²) in [4.78, 5) is 0. The summed E-state index contributed by atoms with van der Waals surface area (Å²) in [5.41, 5.74) is 0. The summed E-state index contributed by atoms with van der Waals surface area (Å²) in [6, 6.07) is 7.66. The lowest BCUT2D eigenvalue weighted by atomic mass is 10.3. The third-order valence-corrected chi connectivity index (χ3v) is 1.30. The highest BCUT2D eigenvalue weighted by Crippen LogP contribution is 2.10. The number of nitrogens with zero attached hydrogens (tertiary/aromatic N) is 1. The molecule has 3 heteroatoms. The molecule has 0 saturated heterocycles. The van der Waals surface area contributed by atoms with E-state index < -0.39 is 0 Å². The van der Waals surface area contributed by atoms with E-state index in [2.05, 4.69) is 0 Å². The Labute approximate surface area is 83.9 Å². The van der Waals surface area contributed by atoms with Crippen molar-refractivity contribution in [1.82, 2.24) is 0 Å². The number of hydrogen-bond donors (Lipinski definition) is 0. The van der Waals surface area contributed by atoms with Crippen LogP contribution >= 0.6 is 0 Å². The molecule has 1 aromatic carbocycles. The second-order valence-corrected chi connectivity index (χ2v) is 2.21. The van der Waals surface area contributed by atoms with Crippen molar-refractivity contribution in [2.24, 2.45) is 0 Å². The summed E-state index contributed by atoms with van der Waals surface area (Å²) in [5, 5.41) is 8.20. The van der Waals surface area contributed by atoms with Crippen LogP contribution in [0.25, 0.3) is 0 Å². The molecule has 1 aromatic rings. The smallest absolute Gasteiger partial charge is 0.123 e. The minimum atomic E-state index is -0.289. The average molecular weight is 195 g/mol. The number of benzene rings is 1. The largest absolute Gasteiger partial charge is 0.493 e. The predicted molar refractivity (Wildman–Crippen MR) is 53.5 cm³/mol. The van der Waals surface area contributed by atoms with Gasteiger partial charge in [0.15, 0.2) is 0 Å². The second-order valence-electron chi connectivity index (χ2n) is 2.21. The standard InChI is InChI=1S/C9H8FNO.C2H6/c10-8-2-4-9(5-3-8)12-7-1-6-11;1-2/h2-5H,1,7H2;1-2H3. The van der Waals surface area contributed by atoms with Gasteiger partial charge >= 0.3 is 0 Å². The van der Waals surface area contributed by atoms with Crippen LogP contribution in [0, 0.1) is 17.1 Å². The molecule has 0 unspecified atom stereocenters. The van der Waals surface area contributed by atoms with Crippen molar-refractivity contribution in [3.63, 3.8) is 0 Å². The zero-order valence-electron chi connectivity index (χ0n) is 8.46. The fourth-order valence-corrected chi connectivity index (χ4v) is 0.745. The molecule has 1 rings (SSSR count). The molecule has 0 aliphatic carbocycles. The molecule has 0 fully saturated rings. The first-order valence-corrected chi connectivity index (χ1v) is 4.58. The molecule has 0 amide bonds. The van der Waals surface area contributed by atoms with Gasteiger partial charge in [-0.25, -0.2) is 4.39 Å². The number of nitriles is 1. The maximum atomic E-state index is 12.4. The lowest BCUT2D eigenvalue weighted by Gasteiger charge is -2.01. The van der Waals surface area contributed by atoms with Crippen LogP contribution in [0.5, 0.6) is 5.75 Å². The maximum Gasteiger partial charge on any atom is 0.123 e. The Kier molecular flexibility index (Phi) is 7.16. The first-order valence-electron chi connectivity index (χ1n) is 4.58. The van der Waals surface area contributed by atoms with Crippen molar-refractivity contribution >= 4 is 0 Å². The van der Waals surface area contributed by atoms with Crippen LogP contribution in [0.4, 0.5) is 4.39 Å². The molecular weight excluding hydrogens is 181 g/mol. The second kappa shape index (κ2) is 8.06. The number of ether oxygens (including phenoxy) is 1. The number of halogens is 1. The summed E-state index contributed by atoms with van der Waals surface area (Å²) in [5.74, 6) is 0.300. The summed E-state index contributed by atoms with van der Waals surface area (Å²) in [6.07, 6.45) is 0.345. The monoisotopic (exact) mass is 195 g/mol. The minimum Gasteiger partial charge on any atom is -0.493 e. The first kappa shape index (κ1) is 12.4. The van der Waals surface area contributed by atoms with E-state index in [1.54, 1.807) is 0 Å². The van der Waals surface area contributed by atoms with Crippen LogP contribution in [0.2, 0.25) is 0 Å². The van der Waals surface area contributed by atoms with Crippen molar-refractivity contribution in [3.05, 3.63) is 30.1 Å². The fraction of sp³-hybridized carbons (Fsp3) is 0.364. The van der Waals surface area contributed by atoms with Gasteiger partial charge in [-0.2, -0.15) is 5.26 Å². The van der Waals surface area contributed by atoms with Gasteiger partial charge in [0, 0.05) is 0 Å². The van der Waals surface area contributed by atoms with Crippen LogP contribution in [-0.4, -0.2) is 6.61 Å². The Morgan fingerprint density at radius 3 is 2.36 bits per heavy atom. The lowest BCUT2D eigenvalue weighted by Crippen LogP contribution is -1.95. The predicted octanol–water partition coefficient (Wildman–Crippen LogP) is 3.14. The van der Waals surface area contributed by atoms with E-state index in [1.165, 1.54) is 24.3 Å². The quantitative estimate of drug-likeness (QED) is 0.694. The third kappa shape index (κ3) is 5.15. The van der Waals surface area contributed by atoms with E-state index >= 15 is 0 Å². The molecule has 0 atom stereocenters. The molecule has 14 heavy (non-hydrogen) atoms. The highest BCUT2D eigenvalue weighted by Gasteiger charge is 1.92. The van der Waals surface area contributed by atoms with Gasteiger partial charge in [-0.05, 0) is 24.3 Å². The molecule has 0 N–H and O–H groups in total. The van der Waals surface area contributed by atoms with Crippen LogP contribution in [-0.2, 0) is 0 Å². The SMILES string of the molecule is CC.N#CCCOc1ccc(F)cc1. The zero-order chi connectivity index (χ0) is 10.8. The Bertz CT molecular complexity index is 276. The van der Waals surface area contributed by atoms with Crippen molar-refractivity contribution in [2.75, 3.05) is 6.61 Å². The fourth-order valence-electron chi connectivity index (χ4n) is 0.745. The van der Waals surface area contributed by atoms with Gasteiger partial charge in [-0.1, -0.05) is 13.8 Å². The first-order chi connectivity index (χ1) is 6.83. The van der Waals surface area contributed by atoms with Crippen molar-refractivity contribution in [2.45, 2.75) is 20.3 Å². The molecule has 2 nitrogen and oxygen atoms in total. The van der Waals surface area contributed by atoms with Gasteiger partial charge in [0.2, 0.25) is 0 Å². The van der Waals surface area contributed by atoms with E-state index in [4.69, 9.17) is 10.00 Å². The molecule has 0 spiro atoms. The third-order valence-electron chi connectivity index (χ3n) is 1.30. The van der Waals surface area contributed by atoms with Crippen molar-refractivity contribution in [3.8, 4) is 11.8 Å². The minimum absolute atomic E-state index is 0.289. The topological polar surface area (TPSA) is 33.0 Å². The Morgan fingerprint density at radius 2 is 1.86 bits per heavy atom. The highest BCUT2D eigenvalue weighted by molar-refractivity contribution is 5.21. The average Bonchev–Trinajstić information content (AvgIpc) is 2.24. The van der Waals surface area contributed by atoms with Gasteiger partial charge in [0.1, 0.15) is 18.2 Å². The highest BCUT2D eigenvalue weighted by atomic mass is 19.1. The van der Waals surface area contributed by atoms with E-state index in [9.17, 15) is 4.39 Å². The summed E-state index contributed by atoms with van der Waals surface area (Å²) in [6.45, 7) is 4.35. The molecule has 0 heterocycles. The van der Waals surface area contributed by atoms with Gasteiger partial charge in [0.25, 0.3) is 0 Å². The number of hydrogen-bond acceptors (Lipinski definition) is 2. The van der Waals surface area contributed by atoms with Gasteiger partial charge in [-0.3, -0.25) is 0 Å². The zero-order valence-corrected chi connectivity index (χ0v) is 8.46. The summed E-state index contributed by atoms with van der Waals surface area (Å²) >= 11 is 0. The van der Waals surface area contributed by atoms with Crippen molar-refractivity contribution in [1.29, 1.82) is 5.26 Å². The summed E-state index contributed by atoms with van der Waals surface area (Å²) < 4.78 is 17.5. The van der Waals surface area contributed by atoms with E-state index in [0.29, 0.717) is 18.8 Å². The molecule has 0 saturated carbocycles. The molecule has 0 aliphatic heterocycles. The normalized spacial score (nSPS) is 8.14. The lowest BCUT2D eigenvalue weighted by molar-refractivity contribution is 0.326. The number of rotatable bonds is 3. The van der Waals surface area contributed by atoms with Crippen LogP contribution in [0.15, 0.2) is 24.3 Å². The Morgan fingerprint density at radius 1 is 1.29 bits per heavy atom. The molecule has 0 bridgehead atoms. The Hall–Kier alpha value is -1.56. The molecule has 0 aromatic heterocycles. The van der Waals surface area contributed by atoms with E-state index in [0.717, 1.165) is 0 Å². The van der Waals surface area contributed by atoms with E-state index in [-0.39, 0.29) is 5.82 Å². The van der Waals surface area contributed by atoms with Gasteiger partial charge in [-0.15, -0.1) is 0 Å². The van der Waals surface area contributed by atoms with Crippen LogP contribution in [0.3, 0.4) is 0 Å².